The third kappa shape index (κ3) is 6.04. The van der Waals surface area contributed by atoms with Crippen LogP contribution in [-0.2, 0) is 17.7 Å². The number of hydrogen-bond acceptors (Lipinski definition) is 6. The molecule has 1 aliphatic heterocycles. The van der Waals surface area contributed by atoms with Crippen molar-refractivity contribution < 1.29 is 14.3 Å². The van der Waals surface area contributed by atoms with E-state index in [0.717, 1.165) is 49.1 Å². The Bertz CT molecular complexity index is 1410. The van der Waals surface area contributed by atoms with Gasteiger partial charge in [-0.25, -0.2) is 4.79 Å². The van der Waals surface area contributed by atoms with E-state index in [2.05, 4.69) is 51.6 Å². The Kier molecular flexibility index (Phi) is 7.57. The molecule has 0 saturated carbocycles. The van der Waals surface area contributed by atoms with Crippen LogP contribution in [0.2, 0.25) is 0 Å². The Morgan fingerprint density at radius 1 is 1.00 bits per heavy atom. The van der Waals surface area contributed by atoms with Crippen molar-refractivity contribution in [1.29, 1.82) is 0 Å². The molecule has 0 amide bonds. The Hall–Kier alpha value is -4.03. The van der Waals surface area contributed by atoms with Crippen LogP contribution in [-0.4, -0.2) is 47.9 Å². The first-order valence-electron chi connectivity index (χ1n) is 12.7. The highest BCUT2D eigenvalue weighted by Gasteiger charge is 2.21. The van der Waals surface area contributed by atoms with Gasteiger partial charge in [0.15, 0.2) is 5.78 Å². The Labute approximate surface area is 217 Å². The van der Waals surface area contributed by atoms with Crippen molar-refractivity contribution in [1.82, 2.24) is 9.88 Å². The minimum atomic E-state index is -0.441. The number of carbonyl (C=O) groups is 2. The van der Waals surface area contributed by atoms with Gasteiger partial charge in [0.1, 0.15) is 0 Å². The molecule has 1 atom stereocenters. The fourth-order valence-electron chi connectivity index (χ4n) is 5.11. The van der Waals surface area contributed by atoms with E-state index >= 15 is 0 Å². The van der Waals surface area contributed by atoms with E-state index in [0.29, 0.717) is 23.6 Å². The summed E-state index contributed by atoms with van der Waals surface area (Å²) < 4.78 is 4.77. The molecular formula is C31H31N3O3. The van der Waals surface area contributed by atoms with Gasteiger partial charge >= 0.3 is 5.97 Å². The van der Waals surface area contributed by atoms with Gasteiger partial charge in [0.2, 0.25) is 0 Å². The summed E-state index contributed by atoms with van der Waals surface area (Å²) in [5.74, 6) is -0.459. The van der Waals surface area contributed by atoms with Gasteiger partial charge in [0, 0.05) is 60.0 Å². The lowest BCUT2D eigenvalue weighted by Crippen LogP contribution is -2.41. The summed E-state index contributed by atoms with van der Waals surface area (Å²) >= 11 is 0. The van der Waals surface area contributed by atoms with Crippen molar-refractivity contribution in [3.63, 3.8) is 0 Å². The predicted molar refractivity (Wildman–Crippen MR) is 146 cm³/mol. The van der Waals surface area contributed by atoms with Crippen LogP contribution in [0.3, 0.4) is 0 Å². The minimum absolute atomic E-state index is 0.0181. The molecular weight excluding hydrogens is 462 g/mol. The zero-order chi connectivity index (χ0) is 25.6. The normalized spacial score (nSPS) is 15.9. The third-order valence-corrected chi connectivity index (χ3v) is 6.91. The lowest BCUT2D eigenvalue weighted by molar-refractivity contribution is 0.0600. The van der Waals surface area contributed by atoms with Crippen LogP contribution in [0.5, 0.6) is 0 Å². The number of piperidine rings is 1. The SMILES string of the molecule is COC(=O)c1cccc(C(=O)Cc2cccc(CN3CCCC(Nc4cccc5cnccc45)C3)c2)c1. The highest BCUT2D eigenvalue weighted by Crippen LogP contribution is 2.25. The number of pyridine rings is 1. The Morgan fingerprint density at radius 3 is 2.70 bits per heavy atom. The number of aromatic nitrogens is 1. The van der Waals surface area contributed by atoms with Crippen molar-refractivity contribution in [3.8, 4) is 0 Å². The summed E-state index contributed by atoms with van der Waals surface area (Å²) in [7, 11) is 1.34. The van der Waals surface area contributed by atoms with Crippen LogP contribution >= 0.6 is 0 Å². The lowest BCUT2D eigenvalue weighted by Gasteiger charge is -2.34. The zero-order valence-electron chi connectivity index (χ0n) is 21.0. The number of nitrogens with one attached hydrogen (secondary N) is 1. The molecule has 0 radical (unpaired) electrons. The summed E-state index contributed by atoms with van der Waals surface area (Å²) in [6.45, 7) is 2.86. The average molecular weight is 494 g/mol. The minimum Gasteiger partial charge on any atom is -0.465 e. The number of hydrogen-bond donors (Lipinski definition) is 1. The number of carbonyl (C=O) groups excluding carboxylic acids is 2. The van der Waals surface area contributed by atoms with Crippen molar-refractivity contribution in [2.45, 2.75) is 31.8 Å². The number of benzene rings is 3. The molecule has 188 valence electrons. The molecule has 0 bridgehead atoms. The number of ether oxygens (including phenoxy) is 1. The van der Waals surface area contributed by atoms with Gasteiger partial charge in [-0.15, -0.1) is 0 Å². The number of Topliss-reactive ketones (excluding diaryl/α,β-unsaturated/α-hetero) is 1. The molecule has 2 heterocycles. The fourth-order valence-corrected chi connectivity index (χ4v) is 5.11. The smallest absolute Gasteiger partial charge is 0.337 e. The van der Waals surface area contributed by atoms with Gasteiger partial charge in [-0.05, 0) is 54.8 Å². The maximum absolute atomic E-state index is 12.9. The molecule has 1 aliphatic rings. The van der Waals surface area contributed by atoms with Gasteiger partial charge in [-0.1, -0.05) is 48.5 Å². The Morgan fingerprint density at radius 2 is 1.81 bits per heavy atom. The van der Waals surface area contributed by atoms with Crippen LogP contribution in [0, 0.1) is 0 Å². The molecule has 0 spiro atoms. The second kappa shape index (κ2) is 11.4. The maximum Gasteiger partial charge on any atom is 0.337 e. The number of likely N-dealkylation sites (tertiary alicyclic amines) is 1. The molecule has 37 heavy (non-hydrogen) atoms. The first-order valence-corrected chi connectivity index (χ1v) is 12.7. The average Bonchev–Trinajstić information content (AvgIpc) is 2.93. The molecule has 1 unspecified atom stereocenters. The molecule has 1 N–H and O–H groups in total. The van der Waals surface area contributed by atoms with E-state index in [4.69, 9.17) is 4.74 Å². The molecule has 0 aliphatic carbocycles. The van der Waals surface area contributed by atoms with Crippen molar-refractivity contribution in [2.75, 3.05) is 25.5 Å². The molecule has 1 fully saturated rings. The zero-order valence-corrected chi connectivity index (χ0v) is 21.0. The molecule has 3 aromatic carbocycles. The van der Waals surface area contributed by atoms with Gasteiger partial charge in [0.25, 0.3) is 0 Å². The summed E-state index contributed by atoms with van der Waals surface area (Å²) in [6, 6.07) is 23.7. The second-order valence-corrected chi connectivity index (χ2v) is 9.61. The number of methoxy groups -OCH3 is 1. The number of esters is 1. The van der Waals surface area contributed by atoms with Gasteiger partial charge < -0.3 is 10.1 Å². The number of fused-ring (bicyclic) bond motifs is 1. The number of rotatable bonds is 8. The van der Waals surface area contributed by atoms with Gasteiger partial charge in [-0.2, -0.15) is 0 Å². The summed E-state index contributed by atoms with van der Waals surface area (Å²) in [4.78, 5) is 31.5. The first kappa shape index (κ1) is 24.7. The molecule has 6 heteroatoms. The second-order valence-electron chi connectivity index (χ2n) is 9.61. The fraction of sp³-hybridized carbons (Fsp3) is 0.258. The first-order chi connectivity index (χ1) is 18.1. The van der Waals surface area contributed by atoms with Crippen LogP contribution < -0.4 is 5.32 Å². The van der Waals surface area contributed by atoms with E-state index in [1.165, 1.54) is 18.1 Å². The van der Waals surface area contributed by atoms with Crippen LogP contribution in [0.4, 0.5) is 5.69 Å². The molecule has 6 nitrogen and oxygen atoms in total. The topological polar surface area (TPSA) is 71.5 Å². The van der Waals surface area contributed by atoms with Gasteiger partial charge in [-0.3, -0.25) is 14.7 Å². The van der Waals surface area contributed by atoms with E-state index in [1.54, 1.807) is 24.3 Å². The standard InChI is InChI=1S/C31H31N3O3/c1-37-31(36)25-9-3-8-24(18-25)30(35)17-22-6-2-7-23(16-22)20-34-15-5-11-27(21-34)33-29-12-4-10-26-19-32-14-13-28(26)29/h2-4,6-10,12-14,16,18-19,27,33H,5,11,15,17,20-21H2,1H3. The molecule has 1 aromatic heterocycles. The lowest BCUT2D eigenvalue weighted by atomic mass is 9.99. The van der Waals surface area contributed by atoms with Crippen LogP contribution in [0.25, 0.3) is 10.8 Å². The van der Waals surface area contributed by atoms with E-state index in [-0.39, 0.29) is 5.78 Å². The summed E-state index contributed by atoms with van der Waals surface area (Å²) in [5.41, 5.74) is 4.23. The Balaban J connectivity index is 1.22. The third-order valence-electron chi connectivity index (χ3n) is 6.91. The van der Waals surface area contributed by atoms with E-state index in [1.807, 2.05) is 24.5 Å². The highest BCUT2D eigenvalue weighted by atomic mass is 16.5. The monoisotopic (exact) mass is 493 g/mol. The van der Waals surface area contributed by atoms with Crippen molar-refractivity contribution >= 4 is 28.2 Å². The molecule has 5 rings (SSSR count). The largest absolute Gasteiger partial charge is 0.465 e. The maximum atomic E-state index is 12.9. The van der Waals surface area contributed by atoms with Crippen LogP contribution in [0.1, 0.15) is 44.7 Å². The predicted octanol–water partition coefficient (Wildman–Crippen LogP) is 5.52. The highest BCUT2D eigenvalue weighted by molar-refractivity contribution is 6.00. The summed E-state index contributed by atoms with van der Waals surface area (Å²) in [6.07, 6.45) is 6.31. The van der Waals surface area contributed by atoms with Crippen molar-refractivity contribution in [3.05, 3.63) is 107 Å². The van der Waals surface area contributed by atoms with Crippen LogP contribution in [0.15, 0.2) is 85.2 Å². The molecule has 1 saturated heterocycles. The molecule has 4 aromatic rings. The quantitative estimate of drug-likeness (QED) is 0.257. The number of ketones is 1. The van der Waals surface area contributed by atoms with Gasteiger partial charge in [0.05, 0.1) is 12.7 Å². The number of anilines is 1. The van der Waals surface area contributed by atoms with E-state index in [9.17, 15) is 9.59 Å². The van der Waals surface area contributed by atoms with E-state index < -0.39 is 5.97 Å². The number of nitrogens with zero attached hydrogens (tertiary/aromatic N) is 2. The summed E-state index contributed by atoms with van der Waals surface area (Å²) in [5, 5.41) is 6.11. The van der Waals surface area contributed by atoms with Crippen molar-refractivity contribution in [2.24, 2.45) is 0 Å².